The van der Waals surface area contributed by atoms with Gasteiger partial charge in [0.05, 0.1) is 0 Å². The van der Waals surface area contributed by atoms with Gasteiger partial charge in [0.1, 0.15) is 0 Å². The normalized spacial score (nSPS) is 12.0. The first-order valence-corrected chi connectivity index (χ1v) is 4.33. The van der Waals surface area contributed by atoms with Gasteiger partial charge < -0.3 is 5.32 Å². The third-order valence-electron chi connectivity index (χ3n) is 2.69. The quantitative estimate of drug-likeness (QED) is 0.623. The van der Waals surface area contributed by atoms with Crippen molar-refractivity contribution < 1.29 is 0 Å². The molecule has 0 saturated heterocycles. The van der Waals surface area contributed by atoms with E-state index in [2.05, 4.69) is 26.1 Å². The van der Waals surface area contributed by atoms with E-state index in [0.29, 0.717) is 5.41 Å². The lowest BCUT2D eigenvalue weighted by Gasteiger charge is -2.26. The van der Waals surface area contributed by atoms with Gasteiger partial charge in [0, 0.05) is 0 Å². The summed E-state index contributed by atoms with van der Waals surface area (Å²) in [6, 6.07) is 0. The molecule has 1 nitrogen and oxygen atoms in total. The Kier molecular flexibility index (Phi) is 4.71. The van der Waals surface area contributed by atoms with E-state index in [1.807, 2.05) is 7.05 Å². The molecule has 62 valence electrons. The highest BCUT2D eigenvalue weighted by Gasteiger charge is 2.17. The maximum absolute atomic E-state index is 3.19. The predicted molar refractivity (Wildman–Crippen MR) is 47.2 cm³/mol. The molecule has 0 bridgehead atoms. The molecular weight excluding hydrogens is 122 g/mol. The highest BCUT2D eigenvalue weighted by Crippen LogP contribution is 2.28. The number of hydrogen-bond donors (Lipinski definition) is 1. The van der Waals surface area contributed by atoms with Crippen LogP contribution in [-0.4, -0.2) is 13.6 Å². The van der Waals surface area contributed by atoms with Gasteiger partial charge in [0.15, 0.2) is 0 Å². The SMILES string of the molecule is CCC(C)(CC)CCNC. The fourth-order valence-electron chi connectivity index (χ4n) is 1.03. The van der Waals surface area contributed by atoms with Crippen LogP contribution >= 0.6 is 0 Å². The monoisotopic (exact) mass is 143 g/mol. The maximum Gasteiger partial charge on any atom is -0.00467 e. The van der Waals surface area contributed by atoms with Crippen molar-refractivity contribution in [3.05, 3.63) is 0 Å². The van der Waals surface area contributed by atoms with Gasteiger partial charge in [-0.3, -0.25) is 0 Å². The molecule has 0 radical (unpaired) electrons. The molecule has 0 aromatic carbocycles. The molecular formula is C9H21N. The summed E-state index contributed by atoms with van der Waals surface area (Å²) in [5.74, 6) is 0. The van der Waals surface area contributed by atoms with Crippen molar-refractivity contribution in [1.82, 2.24) is 5.32 Å². The Bertz CT molecular complexity index is 74.8. The van der Waals surface area contributed by atoms with E-state index in [-0.39, 0.29) is 0 Å². The maximum atomic E-state index is 3.19. The van der Waals surface area contributed by atoms with Crippen LogP contribution in [0.2, 0.25) is 0 Å². The zero-order valence-electron chi connectivity index (χ0n) is 7.83. The lowest BCUT2D eigenvalue weighted by Crippen LogP contribution is -2.20. The highest BCUT2D eigenvalue weighted by molar-refractivity contribution is 4.70. The molecule has 0 fully saturated rings. The molecule has 0 aromatic rings. The van der Waals surface area contributed by atoms with E-state index < -0.39 is 0 Å². The van der Waals surface area contributed by atoms with Crippen LogP contribution in [0.3, 0.4) is 0 Å². The standard InChI is InChI=1S/C9H21N/c1-5-9(3,6-2)7-8-10-4/h10H,5-8H2,1-4H3. The molecule has 0 aliphatic carbocycles. The van der Waals surface area contributed by atoms with Crippen molar-refractivity contribution in [2.45, 2.75) is 40.0 Å². The Morgan fingerprint density at radius 3 is 2.00 bits per heavy atom. The number of nitrogens with one attached hydrogen (secondary N) is 1. The van der Waals surface area contributed by atoms with Crippen molar-refractivity contribution in [2.24, 2.45) is 5.41 Å². The van der Waals surface area contributed by atoms with Crippen molar-refractivity contribution >= 4 is 0 Å². The average Bonchev–Trinajstić information content (AvgIpc) is 2.00. The molecule has 0 atom stereocenters. The van der Waals surface area contributed by atoms with Gasteiger partial charge in [-0.25, -0.2) is 0 Å². The molecule has 0 aliphatic heterocycles. The summed E-state index contributed by atoms with van der Waals surface area (Å²) >= 11 is 0. The fraction of sp³-hybridized carbons (Fsp3) is 1.00. The molecule has 1 N–H and O–H groups in total. The van der Waals surface area contributed by atoms with E-state index in [0.717, 1.165) is 6.54 Å². The minimum absolute atomic E-state index is 0.572. The van der Waals surface area contributed by atoms with E-state index in [1.54, 1.807) is 0 Å². The molecule has 0 spiro atoms. The smallest absolute Gasteiger partial charge is 0.00467 e. The number of hydrogen-bond acceptors (Lipinski definition) is 1. The Hall–Kier alpha value is -0.0400. The second kappa shape index (κ2) is 4.73. The Balaban J connectivity index is 3.58. The van der Waals surface area contributed by atoms with Gasteiger partial charge in [-0.1, -0.05) is 33.6 Å². The molecule has 0 unspecified atom stereocenters. The van der Waals surface area contributed by atoms with Gasteiger partial charge in [0.25, 0.3) is 0 Å². The highest BCUT2D eigenvalue weighted by atomic mass is 14.8. The van der Waals surface area contributed by atoms with Gasteiger partial charge >= 0.3 is 0 Å². The van der Waals surface area contributed by atoms with Crippen LogP contribution < -0.4 is 5.32 Å². The number of rotatable bonds is 5. The summed E-state index contributed by atoms with van der Waals surface area (Å²) in [6.45, 7) is 8.07. The van der Waals surface area contributed by atoms with E-state index in [4.69, 9.17) is 0 Å². The first-order valence-electron chi connectivity index (χ1n) is 4.33. The average molecular weight is 143 g/mol. The van der Waals surface area contributed by atoms with Crippen LogP contribution in [0.4, 0.5) is 0 Å². The largest absolute Gasteiger partial charge is 0.320 e. The Morgan fingerprint density at radius 1 is 1.20 bits per heavy atom. The zero-order valence-corrected chi connectivity index (χ0v) is 7.83. The lowest BCUT2D eigenvalue weighted by atomic mass is 9.81. The van der Waals surface area contributed by atoms with E-state index >= 15 is 0 Å². The Morgan fingerprint density at radius 2 is 1.70 bits per heavy atom. The van der Waals surface area contributed by atoms with Crippen LogP contribution in [0.1, 0.15) is 40.0 Å². The summed E-state index contributed by atoms with van der Waals surface area (Å²) in [4.78, 5) is 0. The fourth-order valence-corrected chi connectivity index (χ4v) is 1.03. The Labute approximate surface area is 65.2 Å². The van der Waals surface area contributed by atoms with Gasteiger partial charge in [-0.2, -0.15) is 0 Å². The third kappa shape index (κ3) is 3.21. The van der Waals surface area contributed by atoms with Crippen LogP contribution in [0.5, 0.6) is 0 Å². The van der Waals surface area contributed by atoms with Crippen LogP contribution in [0, 0.1) is 5.41 Å². The van der Waals surface area contributed by atoms with Gasteiger partial charge in [0.2, 0.25) is 0 Å². The summed E-state index contributed by atoms with van der Waals surface area (Å²) in [7, 11) is 2.02. The lowest BCUT2D eigenvalue weighted by molar-refractivity contribution is 0.271. The van der Waals surface area contributed by atoms with Crippen LogP contribution in [0.25, 0.3) is 0 Å². The second-order valence-corrected chi connectivity index (χ2v) is 3.37. The molecule has 0 saturated carbocycles. The molecule has 0 aromatic heterocycles. The van der Waals surface area contributed by atoms with Crippen LogP contribution in [-0.2, 0) is 0 Å². The molecule has 0 amide bonds. The minimum atomic E-state index is 0.572. The zero-order chi connectivity index (χ0) is 8.04. The molecule has 0 aliphatic rings. The summed E-state index contributed by atoms with van der Waals surface area (Å²) in [5.41, 5.74) is 0.572. The summed E-state index contributed by atoms with van der Waals surface area (Å²) in [6.07, 6.45) is 3.90. The molecule has 1 heteroatoms. The van der Waals surface area contributed by atoms with Crippen molar-refractivity contribution in [2.75, 3.05) is 13.6 Å². The van der Waals surface area contributed by atoms with Gasteiger partial charge in [-0.15, -0.1) is 0 Å². The first-order chi connectivity index (χ1) is 4.68. The minimum Gasteiger partial charge on any atom is -0.320 e. The molecule has 0 heterocycles. The second-order valence-electron chi connectivity index (χ2n) is 3.37. The van der Waals surface area contributed by atoms with Crippen molar-refractivity contribution in [1.29, 1.82) is 0 Å². The summed E-state index contributed by atoms with van der Waals surface area (Å²) in [5, 5.41) is 3.19. The third-order valence-corrected chi connectivity index (χ3v) is 2.69. The summed E-state index contributed by atoms with van der Waals surface area (Å²) < 4.78 is 0. The molecule has 0 rings (SSSR count). The van der Waals surface area contributed by atoms with Gasteiger partial charge in [-0.05, 0) is 25.4 Å². The predicted octanol–water partition coefficient (Wildman–Crippen LogP) is 2.42. The molecule has 10 heavy (non-hydrogen) atoms. The van der Waals surface area contributed by atoms with E-state index in [9.17, 15) is 0 Å². The topological polar surface area (TPSA) is 12.0 Å². The van der Waals surface area contributed by atoms with Crippen molar-refractivity contribution in [3.63, 3.8) is 0 Å². The first kappa shape index (κ1) is 9.96. The van der Waals surface area contributed by atoms with Crippen molar-refractivity contribution in [3.8, 4) is 0 Å². The van der Waals surface area contributed by atoms with E-state index in [1.165, 1.54) is 19.3 Å². The van der Waals surface area contributed by atoms with Crippen LogP contribution in [0.15, 0.2) is 0 Å².